The van der Waals surface area contributed by atoms with Crippen molar-refractivity contribution in [1.29, 1.82) is 0 Å². The number of carboxylic acids is 1. The van der Waals surface area contributed by atoms with E-state index in [-0.39, 0.29) is 23.7 Å². The topological polar surface area (TPSA) is 55.8 Å². The molecule has 0 amide bonds. The summed E-state index contributed by atoms with van der Waals surface area (Å²) in [6.07, 6.45) is 0. The van der Waals surface area contributed by atoms with Gasteiger partial charge in [0.25, 0.3) is 0 Å². The maximum absolute atomic E-state index is 13.7. The Morgan fingerprint density at radius 1 is 1.33 bits per heavy atom. The van der Waals surface area contributed by atoms with Crippen LogP contribution in [-0.4, -0.2) is 18.2 Å². The molecule has 4 nitrogen and oxygen atoms in total. The molecule has 21 heavy (non-hydrogen) atoms. The summed E-state index contributed by atoms with van der Waals surface area (Å²) >= 11 is 3.17. The Balaban J connectivity index is 2.28. The third kappa shape index (κ3) is 3.52. The Hall–Kier alpha value is -2.08. The molecule has 0 unspecified atom stereocenters. The number of halogens is 2. The molecular formula is C15H12BrFO4. The third-order valence-electron chi connectivity index (χ3n) is 2.82. The molecule has 0 spiro atoms. The van der Waals surface area contributed by atoms with Crippen molar-refractivity contribution in [3.63, 3.8) is 0 Å². The molecule has 0 atom stereocenters. The molecule has 2 rings (SSSR count). The monoisotopic (exact) mass is 354 g/mol. The van der Waals surface area contributed by atoms with Crippen molar-refractivity contribution in [2.75, 3.05) is 7.11 Å². The highest BCUT2D eigenvalue weighted by Gasteiger charge is 2.17. The Bertz CT molecular complexity index is 673. The summed E-state index contributed by atoms with van der Waals surface area (Å²) in [5.74, 6) is -1.21. The lowest BCUT2D eigenvalue weighted by atomic mass is 10.2. The summed E-state index contributed by atoms with van der Waals surface area (Å²) in [5.41, 5.74) is 0.285. The van der Waals surface area contributed by atoms with Crippen LogP contribution in [0.25, 0.3) is 0 Å². The number of hydrogen-bond donors (Lipinski definition) is 1. The molecule has 0 aliphatic heterocycles. The average molecular weight is 355 g/mol. The summed E-state index contributed by atoms with van der Waals surface area (Å²) in [7, 11) is 1.41. The lowest BCUT2D eigenvalue weighted by molar-refractivity contribution is 0.0691. The zero-order valence-electron chi connectivity index (χ0n) is 11.1. The zero-order chi connectivity index (χ0) is 15.4. The van der Waals surface area contributed by atoms with Gasteiger partial charge in [0.15, 0.2) is 11.5 Å². The first-order chi connectivity index (χ1) is 10.0. The summed E-state index contributed by atoms with van der Waals surface area (Å²) in [6, 6.07) is 9.10. The standard InChI is InChI=1S/C15H12BrFO4/c1-20-13-4-2-3-11(15(18)19)14(13)21-8-9-5-6-10(16)7-12(9)17/h2-7H,8H2,1H3,(H,18,19). The van der Waals surface area contributed by atoms with Crippen molar-refractivity contribution in [3.8, 4) is 11.5 Å². The second-order valence-corrected chi connectivity index (χ2v) is 5.08. The zero-order valence-corrected chi connectivity index (χ0v) is 12.7. The number of rotatable bonds is 5. The van der Waals surface area contributed by atoms with Crippen molar-refractivity contribution in [1.82, 2.24) is 0 Å². The van der Waals surface area contributed by atoms with E-state index in [0.717, 1.165) is 0 Å². The fourth-order valence-electron chi connectivity index (χ4n) is 1.78. The van der Waals surface area contributed by atoms with Crippen LogP contribution in [0.3, 0.4) is 0 Å². The number of carboxylic acid groups (broad SMARTS) is 1. The van der Waals surface area contributed by atoms with Crippen molar-refractivity contribution < 1.29 is 23.8 Å². The number of carbonyl (C=O) groups is 1. The van der Waals surface area contributed by atoms with E-state index in [1.165, 1.54) is 19.2 Å². The van der Waals surface area contributed by atoms with Crippen LogP contribution in [0.1, 0.15) is 15.9 Å². The summed E-state index contributed by atoms with van der Waals surface area (Å²) in [4.78, 5) is 11.2. The smallest absolute Gasteiger partial charge is 0.339 e. The first kappa shape index (κ1) is 15.3. The van der Waals surface area contributed by atoms with E-state index in [4.69, 9.17) is 14.6 Å². The van der Waals surface area contributed by atoms with Crippen LogP contribution in [0, 0.1) is 5.82 Å². The van der Waals surface area contributed by atoms with Crippen molar-refractivity contribution in [3.05, 3.63) is 57.8 Å². The van der Waals surface area contributed by atoms with E-state index < -0.39 is 11.8 Å². The molecular weight excluding hydrogens is 343 g/mol. The Morgan fingerprint density at radius 3 is 2.71 bits per heavy atom. The van der Waals surface area contributed by atoms with Crippen LogP contribution in [0.15, 0.2) is 40.9 Å². The van der Waals surface area contributed by atoms with Gasteiger partial charge in [-0.1, -0.05) is 28.1 Å². The minimum absolute atomic E-state index is 0.0353. The van der Waals surface area contributed by atoms with E-state index in [1.54, 1.807) is 24.3 Å². The lowest BCUT2D eigenvalue weighted by Crippen LogP contribution is -2.06. The molecule has 0 bridgehead atoms. The van der Waals surface area contributed by atoms with Gasteiger partial charge in [-0.05, 0) is 24.3 Å². The SMILES string of the molecule is COc1cccc(C(=O)O)c1OCc1ccc(Br)cc1F. The van der Waals surface area contributed by atoms with E-state index in [2.05, 4.69) is 15.9 Å². The van der Waals surface area contributed by atoms with Crippen LogP contribution >= 0.6 is 15.9 Å². The number of methoxy groups -OCH3 is 1. The predicted molar refractivity (Wildman–Crippen MR) is 78.4 cm³/mol. The molecule has 1 N–H and O–H groups in total. The highest BCUT2D eigenvalue weighted by Crippen LogP contribution is 2.32. The van der Waals surface area contributed by atoms with Crippen molar-refractivity contribution >= 4 is 21.9 Å². The van der Waals surface area contributed by atoms with Gasteiger partial charge < -0.3 is 14.6 Å². The van der Waals surface area contributed by atoms with Crippen LogP contribution in [0.4, 0.5) is 4.39 Å². The van der Waals surface area contributed by atoms with Crippen molar-refractivity contribution in [2.24, 2.45) is 0 Å². The minimum Gasteiger partial charge on any atom is -0.493 e. The van der Waals surface area contributed by atoms with Gasteiger partial charge >= 0.3 is 5.97 Å². The lowest BCUT2D eigenvalue weighted by Gasteiger charge is -2.13. The number of para-hydroxylation sites is 1. The summed E-state index contributed by atoms with van der Waals surface area (Å²) in [6.45, 7) is -0.0975. The van der Waals surface area contributed by atoms with E-state index in [0.29, 0.717) is 10.0 Å². The number of hydrogen-bond acceptors (Lipinski definition) is 3. The molecule has 0 aliphatic rings. The molecule has 0 aliphatic carbocycles. The van der Waals surface area contributed by atoms with Gasteiger partial charge in [-0.25, -0.2) is 9.18 Å². The molecule has 0 aromatic heterocycles. The van der Waals surface area contributed by atoms with Crippen LogP contribution < -0.4 is 9.47 Å². The predicted octanol–water partition coefficient (Wildman–Crippen LogP) is 3.87. The van der Waals surface area contributed by atoms with Gasteiger partial charge in [-0.3, -0.25) is 0 Å². The fourth-order valence-corrected chi connectivity index (χ4v) is 2.12. The second kappa shape index (κ2) is 6.58. The highest BCUT2D eigenvalue weighted by molar-refractivity contribution is 9.10. The van der Waals surface area contributed by atoms with E-state index in [9.17, 15) is 9.18 Å². The highest BCUT2D eigenvalue weighted by atomic mass is 79.9. The number of ether oxygens (including phenoxy) is 2. The number of aromatic carboxylic acids is 1. The van der Waals surface area contributed by atoms with E-state index >= 15 is 0 Å². The molecule has 6 heteroatoms. The quantitative estimate of drug-likeness (QED) is 0.885. The van der Waals surface area contributed by atoms with E-state index in [1.807, 2.05) is 0 Å². The molecule has 0 fully saturated rings. The van der Waals surface area contributed by atoms with Gasteiger partial charge in [0, 0.05) is 10.0 Å². The molecule has 0 saturated carbocycles. The van der Waals surface area contributed by atoms with Gasteiger partial charge in [0.05, 0.1) is 7.11 Å². The van der Waals surface area contributed by atoms with Crippen LogP contribution in [0.2, 0.25) is 0 Å². The maximum atomic E-state index is 13.7. The Morgan fingerprint density at radius 2 is 2.10 bits per heavy atom. The van der Waals surface area contributed by atoms with Gasteiger partial charge in [-0.2, -0.15) is 0 Å². The molecule has 110 valence electrons. The Kier molecular flexibility index (Phi) is 4.80. The van der Waals surface area contributed by atoms with Crippen LogP contribution in [-0.2, 0) is 6.61 Å². The van der Waals surface area contributed by atoms with Crippen molar-refractivity contribution in [2.45, 2.75) is 6.61 Å². The largest absolute Gasteiger partial charge is 0.493 e. The number of benzene rings is 2. The molecule has 0 heterocycles. The third-order valence-corrected chi connectivity index (χ3v) is 3.31. The molecule has 2 aromatic carbocycles. The molecule has 0 radical (unpaired) electrons. The maximum Gasteiger partial charge on any atom is 0.339 e. The normalized spacial score (nSPS) is 10.2. The molecule has 0 saturated heterocycles. The van der Waals surface area contributed by atoms with Gasteiger partial charge in [0.1, 0.15) is 18.0 Å². The van der Waals surface area contributed by atoms with Crippen LogP contribution in [0.5, 0.6) is 11.5 Å². The first-order valence-electron chi connectivity index (χ1n) is 6.00. The molecule has 2 aromatic rings. The van der Waals surface area contributed by atoms with Gasteiger partial charge in [0.2, 0.25) is 0 Å². The minimum atomic E-state index is -1.14. The second-order valence-electron chi connectivity index (χ2n) is 4.17. The Labute approximate surface area is 129 Å². The summed E-state index contributed by atoms with van der Waals surface area (Å²) < 4.78 is 24.9. The average Bonchev–Trinajstić information content (AvgIpc) is 2.45. The first-order valence-corrected chi connectivity index (χ1v) is 6.79. The fraction of sp³-hybridized carbons (Fsp3) is 0.133. The van der Waals surface area contributed by atoms with Gasteiger partial charge in [-0.15, -0.1) is 0 Å². The summed E-state index contributed by atoms with van der Waals surface area (Å²) in [5, 5.41) is 9.16.